The summed E-state index contributed by atoms with van der Waals surface area (Å²) in [4.78, 5) is 20.1. The lowest BCUT2D eigenvalue weighted by Crippen LogP contribution is -2.06. The monoisotopic (exact) mass is 279 g/mol. The zero-order valence-corrected chi connectivity index (χ0v) is 11.1. The van der Waals surface area contributed by atoms with E-state index in [1.165, 1.54) is 4.88 Å². The average molecular weight is 279 g/mol. The number of aromatic nitrogens is 2. The van der Waals surface area contributed by atoms with Gasteiger partial charge in [0.05, 0.1) is 11.5 Å². The molecule has 2 rings (SSSR count). The zero-order valence-electron chi connectivity index (χ0n) is 10.3. The zero-order chi connectivity index (χ0) is 13.8. The summed E-state index contributed by atoms with van der Waals surface area (Å²) >= 11 is 1.66. The number of thiophene rings is 1. The van der Waals surface area contributed by atoms with Gasteiger partial charge in [0.1, 0.15) is 6.20 Å². The Morgan fingerprint density at radius 1 is 1.47 bits per heavy atom. The first kappa shape index (κ1) is 13.2. The van der Waals surface area contributed by atoms with Crippen molar-refractivity contribution in [3.05, 3.63) is 38.2 Å². The van der Waals surface area contributed by atoms with E-state index < -0.39 is 4.92 Å². The van der Waals surface area contributed by atoms with Crippen LogP contribution in [0.5, 0.6) is 0 Å². The highest BCUT2D eigenvalue weighted by atomic mass is 32.1. The van der Waals surface area contributed by atoms with Gasteiger partial charge in [-0.25, -0.2) is 4.98 Å². The molecule has 0 fully saturated rings. The molecule has 0 radical (unpaired) electrons. The molecule has 3 N–H and O–H groups in total. The SMILES string of the molecule is CCc1ccc(CNc2nc(N)ncc2[N+](=O)[O-])s1. The van der Waals surface area contributed by atoms with E-state index in [0.717, 1.165) is 17.5 Å². The van der Waals surface area contributed by atoms with E-state index in [-0.39, 0.29) is 17.5 Å². The molecule has 19 heavy (non-hydrogen) atoms. The van der Waals surface area contributed by atoms with E-state index in [1.54, 1.807) is 11.3 Å². The van der Waals surface area contributed by atoms with E-state index in [2.05, 4.69) is 22.2 Å². The molecule has 2 aromatic rings. The summed E-state index contributed by atoms with van der Waals surface area (Å²) < 4.78 is 0. The van der Waals surface area contributed by atoms with Gasteiger partial charge >= 0.3 is 5.69 Å². The Morgan fingerprint density at radius 3 is 2.84 bits per heavy atom. The molecular weight excluding hydrogens is 266 g/mol. The number of aryl methyl sites for hydroxylation is 1. The highest BCUT2D eigenvalue weighted by Gasteiger charge is 2.16. The number of anilines is 2. The summed E-state index contributed by atoms with van der Waals surface area (Å²) in [6.45, 7) is 2.56. The fourth-order valence-electron chi connectivity index (χ4n) is 1.53. The third-order valence-corrected chi connectivity index (χ3v) is 3.71. The molecule has 2 aromatic heterocycles. The Morgan fingerprint density at radius 2 is 2.21 bits per heavy atom. The molecule has 0 aliphatic heterocycles. The maximum atomic E-state index is 10.8. The van der Waals surface area contributed by atoms with Gasteiger partial charge < -0.3 is 11.1 Å². The van der Waals surface area contributed by atoms with Crippen molar-refractivity contribution in [2.45, 2.75) is 19.9 Å². The van der Waals surface area contributed by atoms with Crippen LogP contribution in [0.1, 0.15) is 16.7 Å². The van der Waals surface area contributed by atoms with Crippen LogP contribution in [-0.4, -0.2) is 14.9 Å². The molecule has 100 valence electrons. The van der Waals surface area contributed by atoms with Gasteiger partial charge in [0.25, 0.3) is 0 Å². The summed E-state index contributed by atoms with van der Waals surface area (Å²) in [5.41, 5.74) is 5.26. The molecular formula is C11H13N5O2S. The maximum Gasteiger partial charge on any atom is 0.329 e. The fourth-order valence-corrected chi connectivity index (χ4v) is 2.43. The first-order valence-corrected chi connectivity index (χ1v) is 6.50. The van der Waals surface area contributed by atoms with E-state index in [9.17, 15) is 10.1 Å². The van der Waals surface area contributed by atoms with Crippen LogP contribution in [0.25, 0.3) is 0 Å². The first-order chi connectivity index (χ1) is 9.10. The average Bonchev–Trinajstić information content (AvgIpc) is 2.84. The van der Waals surface area contributed by atoms with Crippen molar-refractivity contribution in [3.63, 3.8) is 0 Å². The molecule has 0 unspecified atom stereocenters. The van der Waals surface area contributed by atoms with Crippen molar-refractivity contribution < 1.29 is 4.92 Å². The van der Waals surface area contributed by atoms with Crippen LogP contribution in [0, 0.1) is 10.1 Å². The molecule has 0 aliphatic rings. The van der Waals surface area contributed by atoms with Gasteiger partial charge in [0.2, 0.25) is 11.8 Å². The molecule has 0 saturated heterocycles. The van der Waals surface area contributed by atoms with Crippen LogP contribution < -0.4 is 11.1 Å². The number of nitrogens with one attached hydrogen (secondary N) is 1. The number of nitrogens with zero attached hydrogens (tertiary/aromatic N) is 3. The van der Waals surface area contributed by atoms with Crippen LogP contribution in [0.3, 0.4) is 0 Å². The normalized spacial score (nSPS) is 10.4. The third-order valence-electron chi connectivity index (χ3n) is 2.48. The molecule has 0 saturated carbocycles. The molecule has 0 aliphatic carbocycles. The molecule has 2 heterocycles. The van der Waals surface area contributed by atoms with Gasteiger partial charge in [-0.05, 0) is 18.6 Å². The van der Waals surface area contributed by atoms with Crippen molar-refractivity contribution in [2.24, 2.45) is 0 Å². The minimum atomic E-state index is -0.534. The lowest BCUT2D eigenvalue weighted by Gasteiger charge is -2.04. The number of nitrogen functional groups attached to an aromatic ring is 1. The van der Waals surface area contributed by atoms with Gasteiger partial charge in [-0.3, -0.25) is 10.1 Å². The second kappa shape index (κ2) is 5.61. The van der Waals surface area contributed by atoms with E-state index in [4.69, 9.17) is 5.73 Å². The van der Waals surface area contributed by atoms with Crippen LogP contribution in [0.4, 0.5) is 17.5 Å². The molecule has 0 atom stereocenters. The Hall–Kier alpha value is -2.22. The first-order valence-electron chi connectivity index (χ1n) is 5.68. The number of rotatable bonds is 5. The number of hydrogen-bond acceptors (Lipinski definition) is 7. The Kier molecular flexibility index (Phi) is 3.91. The molecule has 0 bridgehead atoms. The van der Waals surface area contributed by atoms with Crippen molar-refractivity contribution in [3.8, 4) is 0 Å². The minimum Gasteiger partial charge on any atom is -0.368 e. The largest absolute Gasteiger partial charge is 0.368 e. The summed E-state index contributed by atoms with van der Waals surface area (Å²) in [6, 6.07) is 4.04. The summed E-state index contributed by atoms with van der Waals surface area (Å²) in [7, 11) is 0. The van der Waals surface area contributed by atoms with Gasteiger partial charge in [-0.15, -0.1) is 11.3 Å². The number of nitro groups is 1. The Bertz CT molecular complexity index is 599. The van der Waals surface area contributed by atoms with E-state index >= 15 is 0 Å². The van der Waals surface area contributed by atoms with Gasteiger partial charge in [0, 0.05) is 9.75 Å². The third kappa shape index (κ3) is 3.16. The quantitative estimate of drug-likeness (QED) is 0.641. The van der Waals surface area contributed by atoms with Gasteiger partial charge in [-0.2, -0.15) is 4.98 Å². The summed E-state index contributed by atoms with van der Waals surface area (Å²) in [6.07, 6.45) is 2.09. The van der Waals surface area contributed by atoms with E-state index in [0.29, 0.717) is 6.54 Å². The number of nitrogens with two attached hydrogens (primary N) is 1. The van der Waals surface area contributed by atoms with Crippen LogP contribution in [-0.2, 0) is 13.0 Å². The van der Waals surface area contributed by atoms with Crippen LogP contribution in [0.2, 0.25) is 0 Å². The van der Waals surface area contributed by atoms with Crippen molar-refractivity contribution in [1.82, 2.24) is 9.97 Å². The Labute approximate surface area is 113 Å². The van der Waals surface area contributed by atoms with Gasteiger partial charge in [0.15, 0.2) is 0 Å². The van der Waals surface area contributed by atoms with Crippen LogP contribution >= 0.6 is 11.3 Å². The molecule has 8 heteroatoms. The fraction of sp³-hybridized carbons (Fsp3) is 0.273. The number of hydrogen-bond donors (Lipinski definition) is 2. The van der Waals surface area contributed by atoms with Crippen molar-refractivity contribution >= 4 is 28.8 Å². The van der Waals surface area contributed by atoms with Crippen LogP contribution in [0.15, 0.2) is 18.3 Å². The maximum absolute atomic E-state index is 10.8. The molecule has 7 nitrogen and oxygen atoms in total. The van der Waals surface area contributed by atoms with Crippen molar-refractivity contribution in [1.29, 1.82) is 0 Å². The van der Waals surface area contributed by atoms with Gasteiger partial charge in [-0.1, -0.05) is 6.92 Å². The topological polar surface area (TPSA) is 107 Å². The van der Waals surface area contributed by atoms with E-state index in [1.807, 2.05) is 12.1 Å². The molecule has 0 aromatic carbocycles. The standard InChI is InChI=1S/C11H13N5O2S/c1-2-7-3-4-8(19-7)5-13-10-9(16(17)18)6-14-11(12)15-10/h3-4,6H,2,5H2,1H3,(H3,12,13,14,15). The molecule has 0 amide bonds. The second-order valence-corrected chi connectivity index (χ2v) is 5.05. The lowest BCUT2D eigenvalue weighted by atomic mass is 10.3. The highest BCUT2D eigenvalue weighted by Crippen LogP contribution is 2.23. The highest BCUT2D eigenvalue weighted by molar-refractivity contribution is 7.12. The minimum absolute atomic E-state index is 0.00790. The Balaban J connectivity index is 2.14. The molecule has 0 spiro atoms. The smallest absolute Gasteiger partial charge is 0.329 e. The predicted molar refractivity (Wildman–Crippen MR) is 74.1 cm³/mol. The second-order valence-electron chi connectivity index (χ2n) is 3.79. The summed E-state index contributed by atoms with van der Waals surface area (Å²) in [5, 5.41) is 13.8. The van der Waals surface area contributed by atoms with Crippen molar-refractivity contribution in [2.75, 3.05) is 11.1 Å². The lowest BCUT2D eigenvalue weighted by molar-refractivity contribution is -0.384. The summed E-state index contributed by atoms with van der Waals surface area (Å²) in [5.74, 6) is 0.150. The predicted octanol–water partition coefficient (Wildman–Crippen LogP) is 2.20.